The Morgan fingerprint density at radius 3 is 2.20 bits per heavy atom. The van der Waals surface area contributed by atoms with Crippen LogP contribution >= 0.6 is 0 Å². The number of carbonyl (C=O) groups is 1. The van der Waals surface area contributed by atoms with Crippen LogP contribution in [0.4, 0.5) is 5.69 Å². The molecule has 0 aliphatic heterocycles. The Morgan fingerprint density at radius 2 is 1.70 bits per heavy atom. The number of amides is 1. The minimum atomic E-state index is -3.67. The van der Waals surface area contributed by atoms with Crippen LogP contribution in [0, 0.1) is 17.8 Å². The summed E-state index contributed by atoms with van der Waals surface area (Å²) >= 11 is 0. The van der Waals surface area contributed by atoms with Gasteiger partial charge in [-0.3, -0.25) is 4.79 Å². The van der Waals surface area contributed by atoms with Gasteiger partial charge < -0.3 is 15.4 Å². The maximum absolute atomic E-state index is 13.0. The van der Waals surface area contributed by atoms with E-state index < -0.39 is 16.1 Å². The van der Waals surface area contributed by atoms with E-state index in [1.165, 1.54) is 46.5 Å². The van der Waals surface area contributed by atoms with Crippen molar-refractivity contribution in [3.05, 3.63) is 18.2 Å². The molecular weight excluding hydrogens is 402 g/mol. The van der Waals surface area contributed by atoms with E-state index >= 15 is 0 Å². The predicted molar refractivity (Wildman–Crippen MR) is 116 cm³/mol. The van der Waals surface area contributed by atoms with Gasteiger partial charge in [-0.15, -0.1) is 0 Å². The molecule has 8 heteroatoms. The highest BCUT2D eigenvalue weighted by atomic mass is 32.2. The zero-order valence-electron chi connectivity index (χ0n) is 18.3. The first-order valence-corrected chi connectivity index (χ1v) is 12.2. The van der Waals surface area contributed by atoms with Gasteiger partial charge in [-0.1, -0.05) is 0 Å². The maximum atomic E-state index is 13.0. The molecule has 1 atom stereocenters. The second-order valence-corrected chi connectivity index (χ2v) is 11.8. The van der Waals surface area contributed by atoms with Crippen LogP contribution in [-0.2, 0) is 14.8 Å². The molecule has 0 spiro atoms. The van der Waals surface area contributed by atoms with Crippen molar-refractivity contribution in [2.24, 2.45) is 17.8 Å². The Hall–Kier alpha value is -1.80. The van der Waals surface area contributed by atoms with Crippen LogP contribution in [0.3, 0.4) is 0 Å². The lowest BCUT2D eigenvalue weighted by atomic mass is 9.53. The lowest BCUT2D eigenvalue weighted by molar-refractivity contribution is -0.127. The largest absolute Gasteiger partial charge is 0.495 e. The van der Waals surface area contributed by atoms with E-state index in [1.54, 1.807) is 12.1 Å². The van der Waals surface area contributed by atoms with Crippen molar-refractivity contribution in [2.75, 3.05) is 26.5 Å². The van der Waals surface area contributed by atoms with E-state index in [1.807, 2.05) is 6.92 Å². The monoisotopic (exact) mass is 435 g/mol. The van der Waals surface area contributed by atoms with Gasteiger partial charge in [-0.2, -0.15) is 0 Å². The summed E-state index contributed by atoms with van der Waals surface area (Å²) in [4.78, 5) is 13.1. The Balaban J connectivity index is 1.47. The zero-order valence-corrected chi connectivity index (χ0v) is 19.1. The lowest BCUT2D eigenvalue weighted by Crippen LogP contribution is -2.61. The minimum Gasteiger partial charge on any atom is -0.495 e. The number of carbonyl (C=O) groups excluding carboxylic acids is 1. The molecule has 4 aliphatic carbocycles. The molecule has 1 aromatic rings. The molecule has 0 radical (unpaired) electrons. The molecule has 30 heavy (non-hydrogen) atoms. The van der Waals surface area contributed by atoms with Gasteiger partial charge in [0.1, 0.15) is 16.7 Å². The van der Waals surface area contributed by atoms with Crippen LogP contribution in [0.5, 0.6) is 5.75 Å². The summed E-state index contributed by atoms with van der Waals surface area (Å²) in [6.45, 7) is 1.82. The van der Waals surface area contributed by atoms with Crippen molar-refractivity contribution < 1.29 is 17.9 Å². The molecule has 0 heterocycles. The number of benzene rings is 1. The molecule has 166 valence electrons. The van der Waals surface area contributed by atoms with Crippen molar-refractivity contribution in [3.63, 3.8) is 0 Å². The molecule has 0 saturated heterocycles. The summed E-state index contributed by atoms with van der Waals surface area (Å²) in [5, 5.41) is 6.55. The highest BCUT2D eigenvalue weighted by Crippen LogP contribution is 2.55. The van der Waals surface area contributed by atoms with Crippen LogP contribution in [0.2, 0.25) is 0 Å². The van der Waals surface area contributed by atoms with Gasteiger partial charge in [0.25, 0.3) is 0 Å². The van der Waals surface area contributed by atoms with Gasteiger partial charge >= 0.3 is 0 Å². The van der Waals surface area contributed by atoms with E-state index in [4.69, 9.17) is 4.74 Å². The molecule has 4 aliphatic rings. The first kappa shape index (κ1) is 21.4. The SMILES string of the molecule is COc1ccc(N[C@H](C)C(=O)NC23CC4CC(CC(C4)C2)C3)cc1S(=O)(=O)N(C)C. The predicted octanol–water partition coefficient (Wildman–Crippen LogP) is 2.83. The zero-order chi connectivity index (χ0) is 21.7. The second kappa shape index (κ2) is 7.71. The number of nitrogens with one attached hydrogen (secondary N) is 2. The Labute approximate surface area is 179 Å². The number of nitrogens with zero attached hydrogens (tertiary/aromatic N) is 1. The minimum absolute atomic E-state index is 0.0233. The highest BCUT2D eigenvalue weighted by Gasteiger charge is 2.51. The van der Waals surface area contributed by atoms with E-state index in [0.29, 0.717) is 5.69 Å². The van der Waals surface area contributed by atoms with Gasteiger partial charge in [0, 0.05) is 25.3 Å². The normalized spacial score (nSPS) is 30.9. The molecule has 7 nitrogen and oxygen atoms in total. The maximum Gasteiger partial charge on any atom is 0.246 e. The molecule has 2 N–H and O–H groups in total. The molecule has 0 unspecified atom stereocenters. The molecule has 4 bridgehead atoms. The lowest BCUT2D eigenvalue weighted by Gasteiger charge is -2.57. The van der Waals surface area contributed by atoms with Gasteiger partial charge in [0.15, 0.2) is 0 Å². The number of ether oxygens (including phenoxy) is 1. The summed E-state index contributed by atoms with van der Waals surface area (Å²) in [5.41, 5.74) is 0.533. The number of hydrogen-bond acceptors (Lipinski definition) is 5. The molecule has 1 aromatic carbocycles. The summed E-state index contributed by atoms with van der Waals surface area (Å²) in [6, 6.07) is 4.41. The van der Waals surface area contributed by atoms with E-state index in [2.05, 4.69) is 10.6 Å². The first-order chi connectivity index (χ1) is 14.1. The summed E-state index contributed by atoms with van der Waals surface area (Å²) in [7, 11) is 0.742. The highest BCUT2D eigenvalue weighted by molar-refractivity contribution is 7.89. The van der Waals surface area contributed by atoms with Gasteiger partial charge in [0.05, 0.1) is 7.11 Å². The summed E-state index contributed by atoms with van der Waals surface area (Å²) in [6.07, 6.45) is 7.30. The van der Waals surface area contributed by atoms with Crippen molar-refractivity contribution in [1.29, 1.82) is 0 Å². The molecule has 5 rings (SSSR count). The quantitative estimate of drug-likeness (QED) is 0.688. The summed E-state index contributed by atoms with van der Waals surface area (Å²) in [5.74, 6) is 2.55. The van der Waals surface area contributed by atoms with E-state index in [0.717, 1.165) is 41.3 Å². The van der Waals surface area contributed by atoms with E-state index in [-0.39, 0.29) is 22.1 Å². The smallest absolute Gasteiger partial charge is 0.246 e. The Kier molecular flexibility index (Phi) is 5.51. The third-order valence-corrected chi connectivity index (χ3v) is 8.96. The molecule has 1 amide bonds. The van der Waals surface area contributed by atoms with Crippen LogP contribution < -0.4 is 15.4 Å². The van der Waals surface area contributed by atoms with Crippen LogP contribution in [0.15, 0.2) is 23.1 Å². The topological polar surface area (TPSA) is 87.7 Å². The van der Waals surface area contributed by atoms with Crippen molar-refractivity contribution in [2.45, 2.75) is 61.9 Å². The fourth-order valence-electron chi connectivity index (χ4n) is 6.11. The van der Waals surface area contributed by atoms with Crippen LogP contribution in [0.25, 0.3) is 0 Å². The standard InChI is InChI=1S/C22H33N3O4S/c1-14(21(26)24-22-11-15-7-16(12-22)9-17(8-15)13-22)23-18-5-6-19(29-4)20(10-18)30(27,28)25(2)3/h5-6,10,14-17,23H,7-9,11-13H2,1-4H3,(H,24,26)/t14-,15?,16?,17?,22?/m1/s1. The summed E-state index contributed by atoms with van der Waals surface area (Å²) < 4.78 is 31.7. The molecule has 4 saturated carbocycles. The third-order valence-electron chi connectivity index (χ3n) is 7.13. The fourth-order valence-corrected chi connectivity index (χ4v) is 7.19. The van der Waals surface area contributed by atoms with Crippen molar-refractivity contribution >= 4 is 21.6 Å². The number of hydrogen-bond donors (Lipinski definition) is 2. The van der Waals surface area contributed by atoms with Crippen molar-refractivity contribution in [3.8, 4) is 5.75 Å². The molecule has 4 fully saturated rings. The van der Waals surface area contributed by atoms with Gasteiger partial charge in [-0.05, 0) is 81.4 Å². The third kappa shape index (κ3) is 3.91. The average Bonchev–Trinajstić information content (AvgIpc) is 2.66. The molecular formula is C22H33N3O4S. The van der Waals surface area contributed by atoms with Gasteiger partial charge in [-0.25, -0.2) is 12.7 Å². The van der Waals surface area contributed by atoms with Crippen LogP contribution in [0.1, 0.15) is 45.4 Å². The number of anilines is 1. The number of rotatable bonds is 7. The Morgan fingerprint density at radius 1 is 1.13 bits per heavy atom. The molecule has 0 aromatic heterocycles. The van der Waals surface area contributed by atoms with Gasteiger partial charge in [0.2, 0.25) is 15.9 Å². The first-order valence-electron chi connectivity index (χ1n) is 10.8. The number of methoxy groups -OCH3 is 1. The fraction of sp³-hybridized carbons (Fsp3) is 0.682. The average molecular weight is 436 g/mol. The Bertz CT molecular complexity index is 893. The number of sulfonamides is 1. The second-order valence-electron chi connectivity index (χ2n) is 9.71. The van der Waals surface area contributed by atoms with Crippen molar-refractivity contribution in [1.82, 2.24) is 9.62 Å². The van der Waals surface area contributed by atoms with Crippen LogP contribution in [-0.4, -0.2) is 51.4 Å². The van der Waals surface area contributed by atoms with E-state index in [9.17, 15) is 13.2 Å².